The molecule has 6 heteroatoms. The lowest BCUT2D eigenvalue weighted by Gasteiger charge is -2.32. The summed E-state index contributed by atoms with van der Waals surface area (Å²) in [4.78, 5) is 8.52. The van der Waals surface area contributed by atoms with Gasteiger partial charge in [-0.1, -0.05) is 0 Å². The van der Waals surface area contributed by atoms with Gasteiger partial charge in [0.15, 0.2) is 0 Å². The van der Waals surface area contributed by atoms with Crippen molar-refractivity contribution < 1.29 is 9.31 Å². The van der Waals surface area contributed by atoms with Crippen LogP contribution in [0.2, 0.25) is 0 Å². The second-order valence-electron chi connectivity index (χ2n) is 6.46. The van der Waals surface area contributed by atoms with Crippen LogP contribution in [0.15, 0.2) is 31.0 Å². The molecule has 1 aliphatic heterocycles. The summed E-state index contributed by atoms with van der Waals surface area (Å²) in [5.41, 5.74) is 1.38. The quantitative estimate of drug-likeness (QED) is 0.790. The van der Waals surface area contributed by atoms with Crippen LogP contribution in [-0.2, 0) is 9.31 Å². The molecular formula is C15H20BN3O2. The molecule has 0 atom stereocenters. The summed E-state index contributed by atoms with van der Waals surface area (Å²) in [6, 6.07) is 2.02. The monoisotopic (exact) mass is 285 g/mol. The minimum Gasteiger partial charge on any atom is -0.399 e. The molecule has 0 amide bonds. The van der Waals surface area contributed by atoms with Crippen LogP contribution in [0.5, 0.6) is 0 Å². The predicted molar refractivity (Wildman–Crippen MR) is 81.8 cm³/mol. The summed E-state index contributed by atoms with van der Waals surface area (Å²) in [6.07, 6.45) is 7.17. The van der Waals surface area contributed by atoms with Gasteiger partial charge >= 0.3 is 7.12 Å². The molecule has 0 spiro atoms. The fourth-order valence-electron chi connectivity index (χ4n) is 2.30. The van der Waals surface area contributed by atoms with Gasteiger partial charge in [-0.2, -0.15) is 0 Å². The van der Waals surface area contributed by atoms with E-state index in [4.69, 9.17) is 9.31 Å². The van der Waals surface area contributed by atoms with E-state index in [-0.39, 0.29) is 18.3 Å². The number of rotatable bonds is 2. The first-order valence-corrected chi connectivity index (χ1v) is 7.11. The molecule has 0 N–H and O–H groups in total. The highest BCUT2D eigenvalue weighted by atomic mass is 16.7. The van der Waals surface area contributed by atoms with Gasteiger partial charge in [-0.25, -0.2) is 9.97 Å². The minimum atomic E-state index is -0.376. The fraction of sp³-hybridized carbons (Fsp3) is 0.467. The highest BCUT2D eigenvalue weighted by Gasteiger charge is 2.52. The topological polar surface area (TPSA) is 49.2 Å². The molecule has 110 valence electrons. The molecule has 0 bridgehead atoms. The van der Waals surface area contributed by atoms with Gasteiger partial charge in [-0.15, -0.1) is 0 Å². The summed E-state index contributed by atoms with van der Waals surface area (Å²) in [5.74, 6) is 0.838. The van der Waals surface area contributed by atoms with Gasteiger partial charge in [-0.05, 0) is 46.2 Å². The summed E-state index contributed by atoms with van der Waals surface area (Å²) in [5, 5.41) is 0. The van der Waals surface area contributed by atoms with Crippen molar-refractivity contribution in [2.24, 2.45) is 0 Å². The van der Waals surface area contributed by atoms with Gasteiger partial charge < -0.3 is 9.31 Å². The van der Waals surface area contributed by atoms with Crippen LogP contribution in [0.3, 0.4) is 0 Å². The van der Waals surface area contributed by atoms with E-state index >= 15 is 0 Å². The highest BCUT2D eigenvalue weighted by Crippen LogP contribution is 2.36. The highest BCUT2D eigenvalue weighted by molar-refractivity contribution is 6.62. The first kappa shape index (κ1) is 14.3. The average molecular weight is 285 g/mol. The Bertz CT molecular complexity index is 637. The lowest BCUT2D eigenvalue weighted by molar-refractivity contribution is 0.00578. The Hall–Kier alpha value is -1.66. The normalized spacial score (nSPS) is 20.0. The van der Waals surface area contributed by atoms with Crippen molar-refractivity contribution in [3.8, 4) is 5.82 Å². The number of aryl methyl sites for hydroxylation is 1. The summed E-state index contributed by atoms with van der Waals surface area (Å²) in [7, 11) is -0.376. The molecule has 1 aliphatic rings. The van der Waals surface area contributed by atoms with Crippen molar-refractivity contribution in [3.63, 3.8) is 0 Å². The molecule has 0 unspecified atom stereocenters. The number of pyridine rings is 1. The summed E-state index contributed by atoms with van der Waals surface area (Å²) < 4.78 is 14.0. The predicted octanol–water partition coefficient (Wildman–Crippen LogP) is 1.87. The number of imidazole rings is 1. The Balaban J connectivity index is 1.91. The number of aromatic nitrogens is 3. The first-order valence-electron chi connectivity index (χ1n) is 7.11. The number of hydrogen-bond donors (Lipinski definition) is 0. The second kappa shape index (κ2) is 4.68. The van der Waals surface area contributed by atoms with E-state index in [1.165, 1.54) is 0 Å². The Labute approximate surface area is 125 Å². The van der Waals surface area contributed by atoms with Gasteiger partial charge in [0, 0.05) is 24.1 Å². The molecule has 21 heavy (non-hydrogen) atoms. The van der Waals surface area contributed by atoms with E-state index in [0.29, 0.717) is 0 Å². The average Bonchev–Trinajstić information content (AvgIpc) is 2.96. The minimum absolute atomic E-state index is 0.340. The molecule has 1 saturated heterocycles. The van der Waals surface area contributed by atoms with Gasteiger partial charge in [0.1, 0.15) is 12.1 Å². The largest absolute Gasteiger partial charge is 0.496 e. The lowest BCUT2D eigenvalue weighted by Crippen LogP contribution is -2.41. The third kappa shape index (κ3) is 2.38. The van der Waals surface area contributed by atoms with Crippen LogP contribution in [0.4, 0.5) is 0 Å². The Morgan fingerprint density at radius 2 is 1.81 bits per heavy atom. The Morgan fingerprint density at radius 1 is 1.14 bits per heavy atom. The molecule has 2 aromatic heterocycles. The van der Waals surface area contributed by atoms with Gasteiger partial charge in [0.2, 0.25) is 0 Å². The van der Waals surface area contributed by atoms with Crippen LogP contribution >= 0.6 is 0 Å². The summed E-state index contributed by atoms with van der Waals surface area (Å²) >= 11 is 0. The standard InChI is InChI=1S/C15H20BN3O2/c1-11-8-13(19-7-6-17-10-19)18-9-12(11)16-20-14(2,3)15(4,5)21-16/h6-10H,1-5H3. The second-order valence-corrected chi connectivity index (χ2v) is 6.46. The zero-order valence-electron chi connectivity index (χ0n) is 13.1. The van der Waals surface area contributed by atoms with E-state index in [9.17, 15) is 0 Å². The van der Waals surface area contributed by atoms with E-state index in [1.807, 2.05) is 30.0 Å². The Morgan fingerprint density at radius 3 is 2.33 bits per heavy atom. The van der Waals surface area contributed by atoms with Crippen LogP contribution in [0, 0.1) is 6.92 Å². The van der Waals surface area contributed by atoms with Crippen LogP contribution in [-0.4, -0.2) is 32.9 Å². The zero-order chi connectivity index (χ0) is 15.3. The lowest BCUT2D eigenvalue weighted by atomic mass is 9.77. The molecule has 1 fully saturated rings. The molecule has 2 aromatic rings. The molecule has 0 aromatic carbocycles. The molecule has 0 aliphatic carbocycles. The Kier molecular flexibility index (Phi) is 3.18. The maximum Gasteiger partial charge on any atom is 0.496 e. The van der Waals surface area contributed by atoms with Crippen molar-refractivity contribution in [1.29, 1.82) is 0 Å². The zero-order valence-corrected chi connectivity index (χ0v) is 13.1. The van der Waals surface area contributed by atoms with Crippen LogP contribution in [0.1, 0.15) is 33.3 Å². The number of nitrogens with zero attached hydrogens (tertiary/aromatic N) is 3. The van der Waals surface area contributed by atoms with E-state index in [0.717, 1.165) is 16.8 Å². The van der Waals surface area contributed by atoms with Crippen LogP contribution in [0.25, 0.3) is 5.82 Å². The first-order chi connectivity index (χ1) is 9.80. The summed E-state index contributed by atoms with van der Waals surface area (Å²) in [6.45, 7) is 10.2. The SMILES string of the molecule is Cc1cc(-n2ccnc2)ncc1B1OC(C)(C)C(C)(C)O1. The molecule has 3 rings (SSSR count). The number of hydrogen-bond acceptors (Lipinski definition) is 4. The third-order valence-electron chi connectivity index (χ3n) is 4.41. The van der Waals surface area contributed by atoms with Gasteiger partial charge in [0.05, 0.1) is 11.2 Å². The smallest absolute Gasteiger partial charge is 0.399 e. The maximum atomic E-state index is 6.08. The van der Waals surface area contributed by atoms with E-state index in [2.05, 4.69) is 37.7 Å². The van der Waals surface area contributed by atoms with Crippen molar-refractivity contribution >= 4 is 12.6 Å². The van der Waals surface area contributed by atoms with E-state index < -0.39 is 0 Å². The van der Waals surface area contributed by atoms with Gasteiger partial charge in [0.25, 0.3) is 0 Å². The van der Waals surface area contributed by atoms with Gasteiger partial charge in [-0.3, -0.25) is 4.57 Å². The molecule has 0 saturated carbocycles. The van der Waals surface area contributed by atoms with Crippen molar-refractivity contribution in [2.75, 3.05) is 0 Å². The molecule has 5 nitrogen and oxygen atoms in total. The third-order valence-corrected chi connectivity index (χ3v) is 4.41. The molecular weight excluding hydrogens is 265 g/mol. The van der Waals surface area contributed by atoms with Crippen molar-refractivity contribution in [2.45, 2.75) is 45.8 Å². The fourth-order valence-corrected chi connectivity index (χ4v) is 2.30. The molecule has 3 heterocycles. The van der Waals surface area contributed by atoms with E-state index in [1.54, 1.807) is 12.5 Å². The van der Waals surface area contributed by atoms with Crippen molar-refractivity contribution in [1.82, 2.24) is 14.5 Å². The van der Waals surface area contributed by atoms with Crippen molar-refractivity contribution in [3.05, 3.63) is 36.5 Å². The molecule has 0 radical (unpaired) electrons. The maximum absolute atomic E-state index is 6.08. The van der Waals surface area contributed by atoms with Crippen LogP contribution < -0.4 is 5.46 Å².